The van der Waals surface area contributed by atoms with Gasteiger partial charge in [-0.3, -0.25) is 4.79 Å². The Hall–Kier alpha value is -1.09. The summed E-state index contributed by atoms with van der Waals surface area (Å²) in [4.78, 5) is 11.5. The summed E-state index contributed by atoms with van der Waals surface area (Å²) < 4.78 is 13.8. The van der Waals surface area contributed by atoms with Gasteiger partial charge in [-0.1, -0.05) is 31.5 Å². The fraction of sp³-hybridized carbons (Fsp3) is 0.500. The number of hydrogen-bond donors (Lipinski definition) is 1. The molecule has 1 heterocycles. The Labute approximate surface area is 112 Å². The highest BCUT2D eigenvalue weighted by molar-refractivity contribution is 6.30. The van der Waals surface area contributed by atoms with E-state index in [1.165, 1.54) is 6.07 Å². The Kier molecular flexibility index (Phi) is 3.62. The fourth-order valence-corrected chi connectivity index (χ4v) is 2.67. The van der Waals surface area contributed by atoms with Crippen molar-refractivity contribution < 1.29 is 9.18 Å². The summed E-state index contributed by atoms with van der Waals surface area (Å²) in [6, 6.07) is 4.71. The number of carbonyl (C=O) groups excluding carboxylic acids is 1. The molecule has 1 saturated heterocycles. The zero-order chi connectivity index (χ0) is 13.3. The zero-order valence-corrected chi connectivity index (χ0v) is 11.4. The highest BCUT2D eigenvalue weighted by Crippen LogP contribution is 2.32. The molecule has 98 valence electrons. The lowest BCUT2D eigenvalue weighted by atomic mass is 9.79. The minimum Gasteiger partial charge on any atom is -0.350 e. The monoisotopic (exact) mass is 269 g/mol. The Morgan fingerprint density at radius 2 is 2.22 bits per heavy atom. The van der Waals surface area contributed by atoms with Crippen molar-refractivity contribution in [3.8, 4) is 0 Å². The minimum atomic E-state index is -0.328. The van der Waals surface area contributed by atoms with Gasteiger partial charge in [-0.25, -0.2) is 4.39 Å². The maximum absolute atomic E-state index is 13.8. The smallest absolute Gasteiger partial charge is 0.220 e. The van der Waals surface area contributed by atoms with E-state index in [1.807, 2.05) is 0 Å². The van der Waals surface area contributed by atoms with E-state index in [-0.39, 0.29) is 23.2 Å². The molecule has 1 aliphatic heterocycles. The fourth-order valence-electron chi connectivity index (χ4n) is 2.51. The third-order valence-corrected chi connectivity index (χ3v) is 4.05. The first kappa shape index (κ1) is 13.3. The summed E-state index contributed by atoms with van der Waals surface area (Å²) in [6.07, 6.45) is 1.79. The van der Waals surface area contributed by atoms with Gasteiger partial charge in [0, 0.05) is 17.0 Å². The Bertz CT molecular complexity index is 475. The summed E-state index contributed by atoms with van der Waals surface area (Å²) in [5.74, 6) is 0.0146. The van der Waals surface area contributed by atoms with Crippen molar-refractivity contribution >= 4 is 17.5 Å². The number of amides is 1. The third-order valence-electron chi connectivity index (χ3n) is 3.81. The second-order valence-electron chi connectivity index (χ2n) is 5.27. The molecule has 0 aromatic heterocycles. The molecule has 18 heavy (non-hydrogen) atoms. The molecule has 1 fully saturated rings. The van der Waals surface area contributed by atoms with Crippen molar-refractivity contribution in [3.05, 3.63) is 34.6 Å². The first-order chi connectivity index (χ1) is 8.43. The second-order valence-corrected chi connectivity index (χ2v) is 5.71. The second kappa shape index (κ2) is 4.88. The zero-order valence-electron chi connectivity index (χ0n) is 10.6. The molecular weight excluding hydrogens is 253 g/mol. The van der Waals surface area contributed by atoms with Gasteiger partial charge in [0.2, 0.25) is 5.91 Å². The number of rotatable bonds is 3. The van der Waals surface area contributed by atoms with Crippen LogP contribution in [0.15, 0.2) is 18.2 Å². The molecule has 0 aliphatic carbocycles. The molecule has 1 aromatic carbocycles. The molecule has 1 aromatic rings. The van der Waals surface area contributed by atoms with Crippen LogP contribution >= 0.6 is 11.6 Å². The topological polar surface area (TPSA) is 29.1 Å². The lowest BCUT2D eigenvalue weighted by Gasteiger charge is -2.33. The quantitative estimate of drug-likeness (QED) is 0.896. The molecule has 1 atom stereocenters. The van der Waals surface area contributed by atoms with Gasteiger partial charge in [0.25, 0.3) is 0 Å². The summed E-state index contributed by atoms with van der Waals surface area (Å²) >= 11 is 5.74. The van der Waals surface area contributed by atoms with E-state index in [0.29, 0.717) is 23.4 Å². The van der Waals surface area contributed by atoms with Gasteiger partial charge in [-0.2, -0.15) is 0 Å². The van der Waals surface area contributed by atoms with Gasteiger partial charge in [0.05, 0.1) is 0 Å². The lowest BCUT2D eigenvalue weighted by molar-refractivity contribution is -0.120. The number of benzene rings is 1. The standard InChI is InChI=1S/C14H17ClFNO/c1-9(2)14(6-5-13(18)17-14)8-10-3-4-11(15)7-12(10)16/h3-4,7,9H,5-6,8H2,1-2H3,(H,17,18). The molecule has 1 aliphatic rings. The first-order valence-electron chi connectivity index (χ1n) is 6.18. The van der Waals surface area contributed by atoms with Crippen LogP contribution in [0, 0.1) is 11.7 Å². The van der Waals surface area contributed by atoms with Gasteiger partial charge < -0.3 is 5.32 Å². The molecule has 1 amide bonds. The molecule has 0 radical (unpaired) electrons. The summed E-state index contributed by atoms with van der Waals surface area (Å²) in [6.45, 7) is 4.11. The number of nitrogens with one attached hydrogen (secondary N) is 1. The highest BCUT2D eigenvalue weighted by atomic mass is 35.5. The van der Waals surface area contributed by atoms with Crippen LogP contribution in [0.25, 0.3) is 0 Å². The van der Waals surface area contributed by atoms with Crippen molar-refractivity contribution in [3.63, 3.8) is 0 Å². The molecule has 2 rings (SSSR count). The van der Waals surface area contributed by atoms with Crippen LogP contribution < -0.4 is 5.32 Å². The molecule has 0 spiro atoms. The van der Waals surface area contributed by atoms with Crippen LogP contribution in [0.1, 0.15) is 32.3 Å². The predicted octanol–water partition coefficient (Wildman–Crippen LogP) is 3.33. The Morgan fingerprint density at radius 3 is 2.72 bits per heavy atom. The van der Waals surface area contributed by atoms with Crippen LogP contribution in [0.2, 0.25) is 5.02 Å². The van der Waals surface area contributed by atoms with Crippen molar-refractivity contribution in [2.75, 3.05) is 0 Å². The van der Waals surface area contributed by atoms with Crippen LogP contribution in [0.5, 0.6) is 0 Å². The SMILES string of the molecule is CC(C)C1(Cc2ccc(Cl)cc2F)CCC(=O)N1. The van der Waals surface area contributed by atoms with Gasteiger partial charge in [-0.15, -0.1) is 0 Å². The predicted molar refractivity (Wildman–Crippen MR) is 70.1 cm³/mol. The van der Waals surface area contributed by atoms with Crippen molar-refractivity contribution in [2.45, 2.75) is 38.6 Å². The summed E-state index contributed by atoms with van der Waals surface area (Å²) in [5, 5.41) is 3.41. The van der Waals surface area contributed by atoms with Crippen molar-refractivity contribution in [2.24, 2.45) is 5.92 Å². The van der Waals surface area contributed by atoms with E-state index in [2.05, 4.69) is 19.2 Å². The van der Waals surface area contributed by atoms with E-state index in [1.54, 1.807) is 12.1 Å². The van der Waals surface area contributed by atoms with Crippen LogP contribution in [0.3, 0.4) is 0 Å². The summed E-state index contributed by atoms with van der Waals surface area (Å²) in [5.41, 5.74) is 0.279. The van der Waals surface area contributed by atoms with E-state index in [0.717, 1.165) is 6.42 Å². The largest absolute Gasteiger partial charge is 0.350 e. The Balaban J connectivity index is 2.27. The van der Waals surface area contributed by atoms with E-state index >= 15 is 0 Å². The molecule has 2 nitrogen and oxygen atoms in total. The van der Waals surface area contributed by atoms with Crippen LogP contribution in [-0.2, 0) is 11.2 Å². The van der Waals surface area contributed by atoms with Gasteiger partial charge in [0.1, 0.15) is 5.82 Å². The molecule has 0 saturated carbocycles. The van der Waals surface area contributed by atoms with Gasteiger partial charge >= 0.3 is 0 Å². The van der Waals surface area contributed by atoms with Crippen molar-refractivity contribution in [1.29, 1.82) is 0 Å². The average molecular weight is 270 g/mol. The molecular formula is C14H17ClFNO. The molecule has 0 bridgehead atoms. The van der Waals surface area contributed by atoms with Crippen LogP contribution in [-0.4, -0.2) is 11.4 Å². The molecule has 4 heteroatoms. The average Bonchev–Trinajstić information content (AvgIpc) is 2.66. The number of hydrogen-bond acceptors (Lipinski definition) is 1. The highest BCUT2D eigenvalue weighted by Gasteiger charge is 2.40. The van der Waals surface area contributed by atoms with Crippen molar-refractivity contribution in [1.82, 2.24) is 5.32 Å². The summed E-state index contributed by atoms with van der Waals surface area (Å²) in [7, 11) is 0. The van der Waals surface area contributed by atoms with E-state index in [9.17, 15) is 9.18 Å². The lowest BCUT2D eigenvalue weighted by Crippen LogP contribution is -2.48. The molecule has 1 unspecified atom stereocenters. The third kappa shape index (κ3) is 2.51. The normalized spacial score (nSPS) is 23.5. The van der Waals surface area contributed by atoms with Gasteiger partial charge in [0.15, 0.2) is 0 Å². The number of carbonyl (C=O) groups is 1. The number of halogens is 2. The first-order valence-corrected chi connectivity index (χ1v) is 6.56. The Morgan fingerprint density at radius 1 is 1.50 bits per heavy atom. The molecule has 1 N–H and O–H groups in total. The maximum atomic E-state index is 13.8. The van der Waals surface area contributed by atoms with Crippen LogP contribution in [0.4, 0.5) is 4.39 Å². The minimum absolute atomic E-state index is 0.0538. The van der Waals surface area contributed by atoms with E-state index < -0.39 is 0 Å². The maximum Gasteiger partial charge on any atom is 0.220 e. The van der Waals surface area contributed by atoms with E-state index in [4.69, 9.17) is 11.6 Å². The van der Waals surface area contributed by atoms with Gasteiger partial charge in [-0.05, 0) is 36.5 Å².